The summed E-state index contributed by atoms with van der Waals surface area (Å²) in [5, 5.41) is 1.64. The van der Waals surface area contributed by atoms with Crippen molar-refractivity contribution in [2.24, 2.45) is 5.73 Å². The third-order valence-electron chi connectivity index (χ3n) is 4.73. The summed E-state index contributed by atoms with van der Waals surface area (Å²) >= 11 is 0. The van der Waals surface area contributed by atoms with Gasteiger partial charge in [0.1, 0.15) is 11.6 Å². The molecule has 2 N–H and O–H groups in total. The lowest BCUT2D eigenvalue weighted by Crippen LogP contribution is -2.33. The summed E-state index contributed by atoms with van der Waals surface area (Å²) < 4.78 is 69.1. The molecule has 2 nitrogen and oxygen atoms in total. The maximum atomic E-state index is 13.5. The summed E-state index contributed by atoms with van der Waals surface area (Å²) in [4.78, 5) is 0. The summed E-state index contributed by atoms with van der Waals surface area (Å²) in [6.07, 6.45) is -3.31. The highest BCUT2D eigenvalue weighted by Crippen LogP contribution is 2.30. The zero-order chi connectivity index (χ0) is 21.0. The van der Waals surface area contributed by atoms with E-state index in [-0.39, 0.29) is 17.5 Å². The number of nitrogens with two attached hydrogens (primary N) is 1. The molecule has 0 radical (unpaired) electrons. The van der Waals surface area contributed by atoms with Gasteiger partial charge in [0.2, 0.25) is 0 Å². The highest BCUT2D eigenvalue weighted by molar-refractivity contribution is 5.86. The number of ether oxygens (including phenoxy) is 1. The van der Waals surface area contributed by atoms with Crippen LogP contribution in [-0.2, 0) is 6.42 Å². The van der Waals surface area contributed by atoms with Gasteiger partial charge in [-0.1, -0.05) is 36.4 Å². The molecule has 0 saturated heterocycles. The second-order valence-electron chi connectivity index (χ2n) is 6.85. The summed E-state index contributed by atoms with van der Waals surface area (Å²) in [6, 6.07) is 16.5. The fraction of sp³-hybridized carbons (Fsp3) is 0.273. The van der Waals surface area contributed by atoms with Gasteiger partial charge >= 0.3 is 12.3 Å². The van der Waals surface area contributed by atoms with E-state index in [1.54, 1.807) is 18.2 Å². The van der Waals surface area contributed by atoms with Gasteiger partial charge in [-0.15, -0.1) is 0 Å². The van der Waals surface area contributed by atoms with Gasteiger partial charge < -0.3 is 10.5 Å². The van der Waals surface area contributed by atoms with Gasteiger partial charge in [0.15, 0.2) is 6.61 Å². The molecule has 0 spiro atoms. The number of halogens is 5. The van der Waals surface area contributed by atoms with Gasteiger partial charge in [-0.05, 0) is 59.1 Å². The Morgan fingerprint density at radius 3 is 2.45 bits per heavy atom. The molecule has 3 aromatic carbocycles. The Labute approximate surface area is 165 Å². The van der Waals surface area contributed by atoms with E-state index in [0.29, 0.717) is 13.0 Å². The highest BCUT2D eigenvalue weighted by atomic mass is 19.3. The molecule has 0 aliphatic carbocycles. The molecule has 0 fully saturated rings. The quantitative estimate of drug-likeness (QED) is 0.496. The number of hydrogen-bond acceptors (Lipinski definition) is 2. The maximum absolute atomic E-state index is 13.5. The van der Waals surface area contributed by atoms with Gasteiger partial charge in [-0.25, -0.2) is 13.2 Å². The van der Waals surface area contributed by atoms with E-state index >= 15 is 0 Å². The molecule has 1 unspecified atom stereocenters. The van der Waals surface area contributed by atoms with Crippen LogP contribution in [0.25, 0.3) is 10.8 Å². The Morgan fingerprint density at radius 1 is 0.966 bits per heavy atom. The monoisotopic (exact) mass is 409 g/mol. The van der Waals surface area contributed by atoms with E-state index in [1.165, 1.54) is 24.3 Å². The molecule has 0 bridgehead atoms. The molecular formula is C22H20F5NO. The summed E-state index contributed by atoms with van der Waals surface area (Å²) in [6.45, 7) is -1.09. The predicted molar refractivity (Wildman–Crippen MR) is 102 cm³/mol. The lowest BCUT2D eigenvalue weighted by molar-refractivity contribution is -0.148. The standard InChI is InChI=1S/C22H20F5NO/c23-17-7-8-20-15(11-17)4-2-6-19(20)16(12-28)9-14-3-1-5-18(10-14)29-13-22(26,27)21(24)25/h1-8,10-11,16,21H,9,12-13,28H2. The minimum absolute atomic E-state index is 0.0820. The summed E-state index contributed by atoms with van der Waals surface area (Å²) in [7, 11) is 0. The second kappa shape index (κ2) is 8.78. The molecule has 0 aliphatic rings. The summed E-state index contributed by atoms with van der Waals surface area (Å²) in [5.41, 5.74) is 7.68. The minimum Gasteiger partial charge on any atom is -0.487 e. The molecule has 7 heteroatoms. The van der Waals surface area contributed by atoms with Crippen molar-refractivity contribution in [1.29, 1.82) is 0 Å². The summed E-state index contributed by atoms with van der Waals surface area (Å²) in [5.74, 6) is -4.57. The van der Waals surface area contributed by atoms with Crippen LogP contribution in [0.5, 0.6) is 5.75 Å². The number of alkyl halides is 4. The Kier molecular flexibility index (Phi) is 6.37. The molecule has 0 amide bonds. The molecule has 3 aromatic rings. The zero-order valence-corrected chi connectivity index (χ0v) is 15.4. The molecule has 1 atom stereocenters. The van der Waals surface area contributed by atoms with Crippen LogP contribution < -0.4 is 10.5 Å². The number of fused-ring (bicyclic) bond motifs is 1. The highest BCUT2D eigenvalue weighted by Gasteiger charge is 2.41. The average molecular weight is 409 g/mol. The van der Waals surface area contributed by atoms with Crippen molar-refractivity contribution in [2.45, 2.75) is 24.7 Å². The van der Waals surface area contributed by atoms with E-state index in [0.717, 1.165) is 21.9 Å². The van der Waals surface area contributed by atoms with Gasteiger partial charge in [-0.2, -0.15) is 8.78 Å². The molecular weight excluding hydrogens is 389 g/mol. The van der Waals surface area contributed by atoms with Crippen LogP contribution in [0.1, 0.15) is 17.0 Å². The first kappa shape index (κ1) is 21.0. The van der Waals surface area contributed by atoms with Gasteiger partial charge in [0.25, 0.3) is 0 Å². The lowest BCUT2D eigenvalue weighted by Gasteiger charge is -2.19. The fourth-order valence-electron chi connectivity index (χ4n) is 3.25. The average Bonchev–Trinajstić information content (AvgIpc) is 2.70. The number of rotatable bonds is 8. The Hall–Kier alpha value is -2.67. The SMILES string of the molecule is NCC(Cc1cccc(OCC(F)(F)C(F)F)c1)c1cccc2cc(F)ccc12. The van der Waals surface area contributed by atoms with Crippen molar-refractivity contribution in [3.63, 3.8) is 0 Å². The van der Waals surface area contributed by atoms with Crippen LogP contribution in [-0.4, -0.2) is 25.5 Å². The van der Waals surface area contributed by atoms with Gasteiger partial charge in [0, 0.05) is 5.92 Å². The van der Waals surface area contributed by atoms with Crippen molar-refractivity contribution >= 4 is 10.8 Å². The van der Waals surface area contributed by atoms with Crippen molar-refractivity contribution in [3.05, 3.63) is 77.6 Å². The van der Waals surface area contributed by atoms with E-state index < -0.39 is 19.0 Å². The topological polar surface area (TPSA) is 35.2 Å². The smallest absolute Gasteiger partial charge is 0.340 e. The van der Waals surface area contributed by atoms with Crippen molar-refractivity contribution in [1.82, 2.24) is 0 Å². The van der Waals surface area contributed by atoms with Crippen LogP contribution in [0, 0.1) is 5.82 Å². The minimum atomic E-state index is -4.21. The van der Waals surface area contributed by atoms with Crippen LogP contribution in [0.15, 0.2) is 60.7 Å². The van der Waals surface area contributed by atoms with E-state index in [9.17, 15) is 22.0 Å². The van der Waals surface area contributed by atoms with Gasteiger partial charge in [-0.3, -0.25) is 0 Å². The molecule has 3 rings (SSSR count). The fourth-order valence-corrected chi connectivity index (χ4v) is 3.25. The van der Waals surface area contributed by atoms with Crippen LogP contribution in [0.3, 0.4) is 0 Å². The number of hydrogen-bond donors (Lipinski definition) is 1. The molecule has 0 aromatic heterocycles. The first-order valence-electron chi connectivity index (χ1n) is 9.06. The van der Waals surface area contributed by atoms with E-state index in [4.69, 9.17) is 10.5 Å². The van der Waals surface area contributed by atoms with Crippen molar-refractivity contribution in [3.8, 4) is 5.75 Å². The van der Waals surface area contributed by atoms with Crippen molar-refractivity contribution in [2.75, 3.05) is 13.2 Å². The molecule has 0 heterocycles. The molecule has 0 aliphatic heterocycles. The van der Waals surface area contributed by atoms with Gasteiger partial charge in [0.05, 0.1) is 0 Å². The van der Waals surface area contributed by atoms with Crippen molar-refractivity contribution < 1.29 is 26.7 Å². The first-order chi connectivity index (χ1) is 13.8. The molecule has 0 saturated carbocycles. The first-order valence-corrected chi connectivity index (χ1v) is 9.06. The third kappa shape index (κ3) is 5.03. The van der Waals surface area contributed by atoms with E-state index in [2.05, 4.69) is 0 Å². The largest absolute Gasteiger partial charge is 0.487 e. The predicted octanol–water partition coefficient (Wildman–Crippen LogP) is 5.54. The molecule has 154 valence electrons. The van der Waals surface area contributed by atoms with Crippen LogP contribution >= 0.6 is 0 Å². The second-order valence-corrected chi connectivity index (χ2v) is 6.85. The lowest BCUT2D eigenvalue weighted by atomic mass is 9.88. The Bertz CT molecular complexity index is 976. The molecule has 29 heavy (non-hydrogen) atoms. The van der Waals surface area contributed by atoms with Crippen LogP contribution in [0.2, 0.25) is 0 Å². The Morgan fingerprint density at radius 2 is 1.72 bits per heavy atom. The normalized spacial score (nSPS) is 13.1. The zero-order valence-electron chi connectivity index (χ0n) is 15.4. The van der Waals surface area contributed by atoms with Crippen LogP contribution in [0.4, 0.5) is 22.0 Å². The Balaban J connectivity index is 1.80. The third-order valence-corrected chi connectivity index (χ3v) is 4.73. The number of benzene rings is 3. The van der Waals surface area contributed by atoms with E-state index in [1.807, 2.05) is 18.2 Å². The maximum Gasteiger partial charge on any atom is 0.340 e.